The van der Waals surface area contributed by atoms with E-state index in [1.807, 2.05) is 6.92 Å². The number of nitro groups is 1. The van der Waals surface area contributed by atoms with Gasteiger partial charge in [-0.15, -0.1) is 0 Å². The number of hydrogen-bond acceptors (Lipinski definition) is 6. The highest BCUT2D eigenvalue weighted by atomic mass is 16.6. The Balaban J connectivity index is 2.22. The van der Waals surface area contributed by atoms with Crippen LogP contribution in [0.25, 0.3) is 0 Å². The lowest BCUT2D eigenvalue weighted by atomic mass is 9.99. The molecule has 0 saturated carbocycles. The number of hydrogen-bond donors (Lipinski definition) is 2. The van der Waals surface area contributed by atoms with E-state index in [1.165, 1.54) is 12.1 Å². The fourth-order valence-corrected chi connectivity index (χ4v) is 2.26. The second-order valence-corrected chi connectivity index (χ2v) is 4.66. The Hall–Kier alpha value is -2.38. The van der Waals surface area contributed by atoms with Crippen molar-refractivity contribution in [3.8, 4) is 0 Å². The van der Waals surface area contributed by atoms with Gasteiger partial charge in [-0.3, -0.25) is 14.9 Å². The van der Waals surface area contributed by atoms with Gasteiger partial charge in [-0.25, -0.2) is 4.98 Å². The average Bonchev–Trinajstić information content (AvgIpc) is 2.70. The summed E-state index contributed by atoms with van der Waals surface area (Å²) >= 11 is 0. The topological polar surface area (TPSA) is 123 Å². The molecule has 1 aromatic heterocycles. The monoisotopic (exact) mass is 266 g/mol. The van der Waals surface area contributed by atoms with Crippen molar-refractivity contribution >= 4 is 23.3 Å². The van der Waals surface area contributed by atoms with Crippen molar-refractivity contribution in [2.24, 2.45) is 11.8 Å². The molecule has 0 spiro atoms. The summed E-state index contributed by atoms with van der Waals surface area (Å²) in [5.41, 5.74) is 5.28. The van der Waals surface area contributed by atoms with Gasteiger partial charge in [-0.05, 0) is 12.0 Å². The van der Waals surface area contributed by atoms with Crippen LogP contribution in [-0.2, 0) is 4.79 Å². The molecular formula is C11H14N4O4. The molecular weight excluding hydrogens is 252 g/mol. The summed E-state index contributed by atoms with van der Waals surface area (Å²) in [4.78, 5) is 26.8. The summed E-state index contributed by atoms with van der Waals surface area (Å²) < 4.78 is 0. The largest absolute Gasteiger partial charge is 0.481 e. The molecule has 8 heteroatoms. The predicted molar refractivity (Wildman–Crippen MR) is 67.8 cm³/mol. The second kappa shape index (κ2) is 4.71. The minimum Gasteiger partial charge on any atom is -0.481 e. The molecule has 2 unspecified atom stereocenters. The predicted octanol–water partition coefficient (Wildman–Crippen LogP) is 0.729. The number of carbonyl (C=O) groups is 1. The van der Waals surface area contributed by atoms with Crippen LogP contribution in [-0.4, -0.2) is 34.1 Å². The Kier molecular flexibility index (Phi) is 3.24. The van der Waals surface area contributed by atoms with Gasteiger partial charge in [0.25, 0.3) is 0 Å². The third-order valence-electron chi connectivity index (χ3n) is 3.34. The maximum atomic E-state index is 11.0. The maximum Gasteiger partial charge on any atom is 0.311 e. The molecule has 1 aliphatic heterocycles. The Morgan fingerprint density at radius 2 is 2.26 bits per heavy atom. The van der Waals surface area contributed by atoms with E-state index in [0.717, 1.165) is 0 Å². The number of rotatable bonds is 3. The summed E-state index contributed by atoms with van der Waals surface area (Å²) in [6.07, 6.45) is 0. The molecule has 3 N–H and O–H groups in total. The highest BCUT2D eigenvalue weighted by Crippen LogP contribution is 2.29. The molecule has 2 atom stereocenters. The van der Waals surface area contributed by atoms with E-state index in [-0.39, 0.29) is 17.4 Å². The number of anilines is 2. The van der Waals surface area contributed by atoms with E-state index >= 15 is 0 Å². The van der Waals surface area contributed by atoms with Gasteiger partial charge in [0.15, 0.2) is 0 Å². The highest BCUT2D eigenvalue weighted by Gasteiger charge is 2.35. The zero-order valence-electron chi connectivity index (χ0n) is 10.3. The first-order chi connectivity index (χ1) is 8.90. The van der Waals surface area contributed by atoms with Crippen molar-refractivity contribution in [1.29, 1.82) is 0 Å². The molecule has 0 amide bonds. The minimum atomic E-state index is -0.843. The van der Waals surface area contributed by atoms with E-state index < -0.39 is 16.8 Å². The van der Waals surface area contributed by atoms with Gasteiger partial charge >= 0.3 is 11.7 Å². The van der Waals surface area contributed by atoms with Gasteiger partial charge in [0.2, 0.25) is 5.82 Å². The number of pyridine rings is 1. The van der Waals surface area contributed by atoms with Crippen molar-refractivity contribution in [2.45, 2.75) is 6.92 Å². The number of aliphatic carboxylic acids is 1. The lowest BCUT2D eigenvalue weighted by molar-refractivity contribution is -0.384. The first-order valence-corrected chi connectivity index (χ1v) is 5.78. The standard InChI is InChI=1S/C11H14N4O4/c1-6-4-14(5-7(6)11(16)17)9-3-2-8(15(18)19)10(12)13-9/h2-3,6-7H,4-5H2,1H3,(H2,12,13)(H,16,17). The van der Waals surface area contributed by atoms with Crippen molar-refractivity contribution in [1.82, 2.24) is 4.98 Å². The number of nitrogen functional groups attached to an aromatic ring is 1. The van der Waals surface area contributed by atoms with Crippen molar-refractivity contribution in [3.63, 3.8) is 0 Å². The molecule has 0 radical (unpaired) electrons. The minimum absolute atomic E-state index is 0.00397. The van der Waals surface area contributed by atoms with Crippen LogP contribution in [0.4, 0.5) is 17.3 Å². The fraction of sp³-hybridized carbons (Fsp3) is 0.455. The molecule has 1 aromatic rings. The normalized spacial score (nSPS) is 22.5. The fourth-order valence-electron chi connectivity index (χ4n) is 2.26. The average molecular weight is 266 g/mol. The number of carboxylic acids is 1. The van der Waals surface area contributed by atoms with Gasteiger partial charge in [-0.1, -0.05) is 6.92 Å². The zero-order chi connectivity index (χ0) is 14.2. The van der Waals surface area contributed by atoms with Gasteiger partial charge in [0.1, 0.15) is 5.82 Å². The molecule has 1 aliphatic rings. The Morgan fingerprint density at radius 3 is 2.74 bits per heavy atom. The number of nitrogens with two attached hydrogens (primary N) is 1. The Bertz CT molecular complexity index is 533. The molecule has 1 fully saturated rings. The second-order valence-electron chi connectivity index (χ2n) is 4.66. The number of aromatic nitrogens is 1. The molecule has 2 rings (SSSR count). The van der Waals surface area contributed by atoms with Crippen molar-refractivity contribution in [3.05, 3.63) is 22.2 Å². The summed E-state index contributed by atoms with van der Waals surface area (Å²) in [6.45, 7) is 2.73. The van der Waals surface area contributed by atoms with Crippen LogP contribution in [0.5, 0.6) is 0 Å². The van der Waals surface area contributed by atoms with Gasteiger partial charge in [-0.2, -0.15) is 0 Å². The van der Waals surface area contributed by atoms with Gasteiger partial charge < -0.3 is 15.7 Å². The molecule has 102 valence electrons. The summed E-state index contributed by atoms with van der Waals surface area (Å²) in [5, 5.41) is 19.7. The Morgan fingerprint density at radius 1 is 1.58 bits per heavy atom. The van der Waals surface area contributed by atoms with E-state index in [9.17, 15) is 14.9 Å². The molecule has 0 aliphatic carbocycles. The lowest BCUT2D eigenvalue weighted by Crippen LogP contribution is -2.24. The number of carboxylic acid groups (broad SMARTS) is 1. The molecule has 0 bridgehead atoms. The van der Waals surface area contributed by atoms with Crippen LogP contribution in [0, 0.1) is 22.0 Å². The van der Waals surface area contributed by atoms with E-state index in [4.69, 9.17) is 10.8 Å². The maximum absolute atomic E-state index is 11.0. The molecule has 0 aromatic carbocycles. The first kappa shape index (κ1) is 13.1. The molecule has 19 heavy (non-hydrogen) atoms. The van der Waals surface area contributed by atoms with E-state index in [1.54, 1.807) is 4.90 Å². The SMILES string of the molecule is CC1CN(c2ccc([N+](=O)[O-])c(N)n2)CC1C(=O)O. The van der Waals surface area contributed by atoms with Crippen LogP contribution >= 0.6 is 0 Å². The quantitative estimate of drug-likeness (QED) is 0.610. The summed E-state index contributed by atoms with van der Waals surface area (Å²) in [5.74, 6) is -0.994. The van der Waals surface area contributed by atoms with Crippen LogP contribution in [0.15, 0.2) is 12.1 Å². The molecule has 8 nitrogen and oxygen atoms in total. The first-order valence-electron chi connectivity index (χ1n) is 5.78. The Labute approximate surface area is 109 Å². The van der Waals surface area contributed by atoms with E-state index in [2.05, 4.69) is 4.98 Å². The summed E-state index contributed by atoms with van der Waals surface area (Å²) in [6, 6.07) is 2.78. The van der Waals surface area contributed by atoms with Crippen LogP contribution in [0.1, 0.15) is 6.92 Å². The molecule has 1 saturated heterocycles. The van der Waals surface area contributed by atoms with Gasteiger partial charge in [0.05, 0.1) is 10.8 Å². The van der Waals surface area contributed by atoms with Crippen molar-refractivity contribution < 1.29 is 14.8 Å². The molecule has 2 heterocycles. The smallest absolute Gasteiger partial charge is 0.311 e. The number of nitrogens with zero attached hydrogens (tertiary/aromatic N) is 3. The third kappa shape index (κ3) is 2.42. The van der Waals surface area contributed by atoms with Crippen LogP contribution < -0.4 is 10.6 Å². The third-order valence-corrected chi connectivity index (χ3v) is 3.34. The lowest BCUT2D eigenvalue weighted by Gasteiger charge is -2.16. The summed E-state index contributed by atoms with van der Waals surface area (Å²) in [7, 11) is 0. The van der Waals surface area contributed by atoms with Gasteiger partial charge in [0, 0.05) is 19.2 Å². The van der Waals surface area contributed by atoms with E-state index in [0.29, 0.717) is 18.9 Å². The highest BCUT2D eigenvalue weighted by molar-refractivity contribution is 5.72. The van der Waals surface area contributed by atoms with Crippen LogP contribution in [0.3, 0.4) is 0 Å². The van der Waals surface area contributed by atoms with Crippen molar-refractivity contribution in [2.75, 3.05) is 23.7 Å². The zero-order valence-corrected chi connectivity index (χ0v) is 10.3. The van der Waals surface area contributed by atoms with Crippen LogP contribution in [0.2, 0.25) is 0 Å².